The molecule has 0 aliphatic heterocycles. The molecule has 1 amide bonds. The van der Waals surface area contributed by atoms with Crippen molar-refractivity contribution in [2.75, 3.05) is 6.54 Å². The smallest absolute Gasteiger partial charge is 0.223 e. The van der Waals surface area contributed by atoms with E-state index in [-0.39, 0.29) is 17.9 Å². The van der Waals surface area contributed by atoms with Crippen molar-refractivity contribution in [3.05, 3.63) is 17.5 Å². The first-order valence-corrected chi connectivity index (χ1v) is 7.09. The van der Waals surface area contributed by atoms with Gasteiger partial charge >= 0.3 is 0 Å². The third-order valence-electron chi connectivity index (χ3n) is 4.67. The van der Waals surface area contributed by atoms with Gasteiger partial charge in [-0.2, -0.15) is 5.10 Å². The maximum absolute atomic E-state index is 12.1. The second-order valence-electron chi connectivity index (χ2n) is 6.01. The van der Waals surface area contributed by atoms with Crippen molar-refractivity contribution in [1.82, 2.24) is 15.1 Å². The van der Waals surface area contributed by atoms with Crippen LogP contribution in [0.15, 0.2) is 6.07 Å². The minimum absolute atomic E-state index is 0.158. The lowest BCUT2D eigenvalue weighted by Crippen LogP contribution is -2.34. The Bertz CT molecular complexity index is 476. The Morgan fingerprint density at radius 3 is 2.84 bits per heavy atom. The Hall–Kier alpha value is -1.36. The molecule has 3 rings (SSSR count). The lowest BCUT2D eigenvalue weighted by atomic mass is 10.0. The van der Waals surface area contributed by atoms with Crippen molar-refractivity contribution in [2.45, 2.75) is 32.2 Å². The predicted molar refractivity (Wildman–Crippen MR) is 72.3 cm³/mol. The maximum atomic E-state index is 12.1. The Morgan fingerprint density at radius 1 is 1.53 bits per heavy atom. The van der Waals surface area contributed by atoms with E-state index in [1.54, 1.807) is 0 Å². The van der Waals surface area contributed by atoms with Gasteiger partial charge in [-0.25, -0.2) is 0 Å². The molecule has 19 heavy (non-hydrogen) atoms. The topological polar surface area (TPSA) is 72.9 Å². The van der Waals surface area contributed by atoms with Crippen LogP contribution in [0.4, 0.5) is 0 Å². The summed E-state index contributed by atoms with van der Waals surface area (Å²) in [5, 5.41) is 7.42. The summed E-state index contributed by atoms with van der Waals surface area (Å²) in [6.07, 6.45) is 2.81. The van der Waals surface area contributed by atoms with Gasteiger partial charge in [0, 0.05) is 37.7 Å². The fraction of sp³-hybridized carbons (Fsp3) is 0.714. The first kappa shape index (κ1) is 12.7. The van der Waals surface area contributed by atoms with Crippen LogP contribution < -0.4 is 11.1 Å². The van der Waals surface area contributed by atoms with Crippen molar-refractivity contribution in [2.24, 2.45) is 30.5 Å². The molecule has 4 atom stereocenters. The number of carbonyl (C=O) groups excluding carboxylic acids is 1. The van der Waals surface area contributed by atoms with Crippen LogP contribution in [0.3, 0.4) is 0 Å². The van der Waals surface area contributed by atoms with Crippen molar-refractivity contribution in [1.29, 1.82) is 0 Å². The third-order valence-corrected chi connectivity index (χ3v) is 4.67. The zero-order valence-electron chi connectivity index (χ0n) is 11.6. The molecule has 0 saturated heterocycles. The zero-order valence-corrected chi connectivity index (χ0v) is 11.6. The van der Waals surface area contributed by atoms with Gasteiger partial charge < -0.3 is 11.1 Å². The molecule has 5 heteroatoms. The molecule has 1 aromatic rings. The molecule has 5 nitrogen and oxygen atoms in total. The Labute approximate surface area is 113 Å². The summed E-state index contributed by atoms with van der Waals surface area (Å²) in [6, 6.07) is 2.31. The minimum atomic E-state index is 0.158. The quantitative estimate of drug-likeness (QED) is 0.823. The van der Waals surface area contributed by atoms with Crippen LogP contribution in [-0.4, -0.2) is 28.3 Å². The van der Waals surface area contributed by atoms with Crippen LogP contribution in [-0.2, 0) is 18.3 Å². The number of hydrogen-bond donors (Lipinski definition) is 2. The zero-order chi connectivity index (χ0) is 13.6. The molecule has 2 fully saturated rings. The van der Waals surface area contributed by atoms with Gasteiger partial charge in [0.15, 0.2) is 0 Å². The summed E-state index contributed by atoms with van der Waals surface area (Å²) in [4.78, 5) is 12.1. The van der Waals surface area contributed by atoms with E-state index in [1.807, 2.05) is 18.7 Å². The van der Waals surface area contributed by atoms with Gasteiger partial charge in [0.25, 0.3) is 0 Å². The molecule has 0 bridgehead atoms. The van der Waals surface area contributed by atoms with Crippen LogP contribution in [0, 0.1) is 24.7 Å². The van der Waals surface area contributed by atoms with Gasteiger partial charge in [0.1, 0.15) is 0 Å². The van der Waals surface area contributed by atoms with E-state index in [1.165, 1.54) is 0 Å². The van der Waals surface area contributed by atoms with Crippen LogP contribution in [0.2, 0.25) is 0 Å². The van der Waals surface area contributed by atoms with Gasteiger partial charge in [0.05, 0.1) is 5.69 Å². The molecule has 0 unspecified atom stereocenters. The third kappa shape index (κ3) is 2.39. The molecular weight excluding hydrogens is 240 g/mol. The van der Waals surface area contributed by atoms with Crippen LogP contribution >= 0.6 is 0 Å². The number of aromatic nitrogens is 2. The van der Waals surface area contributed by atoms with Crippen molar-refractivity contribution < 1.29 is 4.79 Å². The summed E-state index contributed by atoms with van der Waals surface area (Å²) in [5.74, 6) is 1.53. The summed E-state index contributed by atoms with van der Waals surface area (Å²) >= 11 is 0. The highest BCUT2D eigenvalue weighted by atomic mass is 16.1. The molecule has 1 heterocycles. The normalized spacial score (nSPS) is 32.2. The van der Waals surface area contributed by atoms with Gasteiger partial charge in [-0.3, -0.25) is 9.48 Å². The van der Waals surface area contributed by atoms with E-state index in [9.17, 15) is 4.79 Å². The minimum Gasteiger partial charge on any atom is -0.355 e. The molecule has 2 aliphatic carbocycles. The molecule has 1 aromatic heterocycles. The second-order valence-corrected chi connectivity index (χ2v) is 6.01. The van der Waals surface area contributed by atoms with E-state index in [4.69, 9.17) is 5.73 Å². The van der Waals surface area contributed by atoms with Gasteiger partial charge in [-0.05, 0) is 37.7 Å². The number of nitrogens with one attached hydrogen (secondary N) is 1. The average molecular weight is 262 g/mol. The predicted octanol–water partition coefficient (Wildman–Crippen LogP) is 0.371. The van der Waals surface area contributed by atoms with Crippen molar-refractivity contribution in [3.63, 3.8) is 0 Å². The van der Waals surface area contributed by atoms with Crippen LogP contribution in [0.1, 0.15) is 24.2 Å². The maximum Gasteiger partial charge on any atom is 0.223 e. The number of nitrogens with two attached hydrogens (primary N) is 1. The van der Waals surface area contributed by atoms with E-state index in [0.29, 0.717) is 18.4 Å². The molecule has 3 N–H and O–H groups in total. The highest BCUT2D eigenvalue weighted by Gasteiger charge is 2.55. The highest BCUT2D eigenvalue weighted by Crippen LogP contribution is 2.54. The number of amides is 1. The number of nitrogens with zero attached hydrogens (tertiary/aromatic N) is 2. The van der Waals surface area contributed by atoms with E-state index in [2.05, 4.69) is 16.5 Å². The molecule has 0 radical (unpaired) electrons. The first-order chi connectivity index (χ1) is 9.06. The number of rotatable bonds is 4. The summed E-state index contributed by atoms with van der Waals surface area (Å²) < 4.78 is 1.86. The molecule has 2 aliphatic rings. The Kier molecular flexibility index (Phi) is 3.09. The molecule has 104 valence electrons. The van der Waals surface area contributed by atoms with Crippen LogP contribution in [0.25, 0.3) is 0 Å². The standard InChI is InChI=1S/C14H22N4O/c1-8-5-9(17-18(8)2)3-4-16-14(19)12-7-13(15)11-6-10(11)12/h5,10-13H,3-4,6-7,15H2,1-2H3,(H,16,19)/t10-,11+,12-,13+/m1/s1. The molecule has 0 spiro atoms. The lowest BCUT2D eigenvalue weighted by molar-refractivity contribution is -0.125. The number of aryl methyl sites for hydroxylation is 2. The van der Waals surface area contributed by atoms with Crippen molar-refractivity contribution >= 4 is 5.91 Å². The fourth-order valence-electron chi connectivity index (χ4n) is 3.34. The van der Waals surface area contributed by atoms with Crippen molar-refractivity contribution in [3.8, 4) is 0 Å². The fourth-order valence-corrected chi connectivity index (χ4v) is 3.34. The lowest BCUT2D eigenvalue weighted by Gasteiger charge is -2.13. The second kappa shape index (κ2) is 4.63. The Balaban J connectivity index is 1.46. The van der Waals surface area contributed by atoms with Gasteiger partial charge in [-0.15, -0.1) is 0 Å². The molecule has 2 saturated carbocycles. The Morgan fingerprint density at radius 2 is 2.32 bits per heavy atom. The molecule has 0 aromatic carbocycles. The first-order valence-electron chi connectivity index (χ1n) is 7.09. The number of hydrogen-bond acceptors (Lipinski definition) is 3. The summed E-state index contributed by atoms with van der Waals surface area (Å²) in [5.41, 5.74) is 8.17. The number of fused-ring (bicyclic) bond motifs is 1. The van der Waals surface area contributed by atoms with E-state index in [0.717, 1.165) is 30.7 Å². The van der Waals surface area contributed by atoms with E-state index >= 15 is 0 Å². The van der Waals surface area contributed by atoms with Gasteiger partial charge in [-0.1, -0.05) is 0 Å². The molecular formula is C14H22N4O. The highest BCUT2D eigenvalue weighted by molar-refractivity contribution is 5.80. The SMILES string of the molecule is Cc1cc(CCNC(=O)[C@@H]2C[C@H](N)[C@H]3C[C@H]32)nn1C. The summed E-state index contributed by atoms with van der Waals surface area (Å²) in [6.45, 7) is 2.70. The largest absolute Gasteiger partial charge is 0.355 e. The average Bonchev–Trinajstić information content (AvgIpc) is 3.00. The van der Waals surface area contributed by atoms with Crippen LogP contribution in [0.5, 0.6) is 0 Å². The van der Waals surface area contributed by atoms with Gasteiger partial charge in [0.2, 0.25) is 5.91 Å². The number of carbonyl (C=O) groups is 1. The summed E-state index contributed by atoms with van der Waals surface area (Å²) in [7, 11) is 1.94. The monoisotopic (exact) mass is 262 g/mol. The van der Waals surface area contributed by atoms with E-state index < -0.39 is 0 Å².